The van der Waals surface area contributed by atoms with Gasteiger partial charge in [0.15, 0.2) is 0 Å². The molecule has 1 aliphatic carbocycles. The Morgan fingerprint density at radius 1 is 1.15 bits per heavy atom. The third kappa shape index (κ3) is 4.70. The van der Waals surface area contributed by atoms with E-state index in [2.05, 4.69) is 10.3 Å². The number of hydrogen-bond acceptors (Lipinski definition) is 5. The largest absolute Gasteiger partial charge is 0.495 e. The number of rotatable bonds is 8. The molecule has 1 heterocycles. The van der Waals surface area contributed by atoms with Crippen LogP contribution in [-0.2, 0) is 11.3 Å². The van der Waals surface area contributed by atoms with Crippen LogP contribution in [0.5, 0.6) is 11.5 Å². The molecule has 6 nitrogen and oxygen atoms in total. The highest BCUT2D eigenvalue weighted by Crippen LogP contribution is 2.47. The van der Waals surface area contributed by atoms with E-state index in [-0.39, 0.29) is 24.2 Å². The fourth-order valence-electron chi connectivity index (χ4n) is 3.73. The lowest BCUT2D eigenvalue weighted by molar-refractivity contribution is -0.138. The van der Waals surface area contributed by atoms with Crippen LogP contribution >= 0.6 is 23.2 Å². The van der Waals surface area contributed by atoms with Crippen molar-refractivity contribution in [3.05, 3.63) is 69.7 Å². The minimum absolute atomic E-state index is 0.0416. The molecule has 2 aromatic carbocycles. The maximum Gasteiger partial charge on any atom is 0.307 e. The van der Waals surface area contributed by atoms with Gasteiger partial charge in [-0.15, -0.1) is 0 Å². The molecule has 0 bridgehead atoms. The van der Waals surface area contributed by atoms with Crippen molar-refractivity contribution in [2.75, 3.05) is 19.5 Å². The molecule has 33 heavy (non-hydrogen) atoms. The summed E-state index contributed by atoms with van der Waals surface area (Å²) in [5, 5.41) is 12.8. The molecule has 1 saturated carbocycles. The van der Waals surface area contributed by atoms with E-state index in [9.17, 15) is 9.18 Å². The van der Waals surface area contributed by atoms with Crippen LogP contribution in [0.25, 0.3) is 11.1 Å². The van der Waals surface area contributed by atoms with Gasteiger partial charge < -0.3 is 19.9 Å². The van der Waals surface area contributed by atoms with E-state index in [0.717, 1.165) is 5.69 Å². The van der Waals surface area contributed by atoms with Gasteiger partial charge in [0.2, 0.25) is 0 Å². The van der Waals surface area contributed by atoms with Crippen LogP contribution in [0.15, 0.2) is 42.6 Å². The van der Waals surface area contributed by atoms with Gasteiger partial charge in [0.1, 0.15) is 17.3 Å². The van der Waals surface area contributed by atoms with E-state index >= 15 is 0 Å². The molecule has 2 atom stereocenters. The molecular weight excluding hydrogens is 470 g/mol. The molecule has 0 spiro atoms. The lowest BCUT2D eigenvalue weighted by atomic mass is 10.0. The van der Waals surface area contributed by atoms with Crippen molar-refractivity contribution in [1.29, 1.82) is 0 Å². The predicted octanol–water partition coefficient (Wildman–Crippen LogP) is 6.01. The number of nitrogens with zero attached hydrogens (tertiary/aromatic N) is 1. The lowest BCUT2D eigenvalue weighted by Gasteiger charge is -2.16. The molecule has 0 saturated heterocycles. The van der Waals surface area contributed by atoms with E-state index in [1.807, 2.05) is 6.07 Å². The second-order valence-corrected chi connectivity index (χ2v) is 8.46. The second-order valence-electron chi connectivity index (χ2n) is 7.70. The Balaban J connectivity index is 1.55. The number of hydrogen-bond donors (Lipinski definition) is 2. The van der Waals surface area contributed by atoms with Gasteiger partial charge in [0.05, 0.1) is 42.1 Å². The molecular formula is C24H21Cl2FN2O4. The Bertz CT molecular complexity index is 1180. The van der Waals surface area contributed by atoms with Crippen LogP contribution in [0, 0.1) is 11.7 Å². The number of carboxylic acid groups (broad SMARTS) is 1. The molecule has 0 aliphatic heterocycles. The number of halogens is 3. The maximum atomic E-state index is 14.6. The molecule has 1 aliphatic rings. The first kappa shape index (κ1) is 23.1. The van der Waals surface area contributed by atoms with Crippen LogP contribution in [0.3, 0.4) is 0 Å². The second kappa shape index (κ2) is 9.45. The van der Waals surface area contributed by atoms with E-state index in [1.165, 1.54) is 20.3 Å². The standard InChI is InChI=1S/C24H21Cl2FN2O4/c1-32-19-9-20(33-2)23(26)21(22(19)25)12-3-5-17(27)13(7-12)10-28-14-4-6-18(29-11-14)15-8-16(15)24(30)31/h3-7,9,11,15-16,28H,8,10H2,1-2H3,(H,30,31)/t15-,16-/m0/s1. The Morgan fingerprint density at radius 2 is 1.85 bits per heavy atom. The van der Waals surface area contributed by atoms with Crippen molar-refractivity contribution in [2.24, 2.45) is 5.92 Å². The zero-order valence-electron chi connectivity index (χ0n) is 17.9. The Labute approximate surface area is 200 Å². The summed E-state index contributed by atoms with van der Waals surface area (Å²) in [4.78, 5) is 15.4. The first-order chi connectivity index (χ1) is 15.8. The quantitative estimate of drug-likeness (QED) is 0.402. The van der Waals surface area contributed by atoms with Gasteiger partial charge in [-0.3, -0.25) is 9.78 Å². The van der Waals surface area contributed by atoms with E-state index in [1.54, 1.807) is 30.5 Å². The Morgan fingerprint density at radius 3 is 2.39 bits per heavy atom. The van der Waals surface area contributed by atoms with Crippen molar-refractivity contribution in [3.63, 3.8) is 0 Å². The Hall–Kier alpha value is -3.03. The van der Waals surface area contributed by atoms with Gasteiger partial charge in [-0.05, 0) is 36.2 Å². The minimum Gasteiger partial charge on any atom is -0.495 e. The summed E-state index contributed by atoms with van der Waals surface area (Å²) in [7, 11) is 2.98. The van der Waals surface area contributed by atoms with Crippen molar-refractivity contribution in [3.8, 4) is 22.6 Å². The number of carbonyl (C=O) groups is 1. The molecule has 0 unspecified atom stereocenters. The number of aromatic nitrogens is 1. The van der Waals surface area contributed by atoms with E-state index in [4.69, 9.17) is 37.8 Å². The number of pyridine rings is 1. The van der Waals surface area contributed by atoms with Crippen LogP contribution in [-0.4, -0.2) is 30.3 Å². The van der Waals surface area contributed by atoms with Gasteiger partial charge in [-0.1, -0.05) is 29.3 Å². The SMILES string of the molecule is COc1cc(OC)c(Cl)c(-c2ccc(F)c(CNc3ccc([C@H]4C[C@@H]4C(=O)O)nc3)c2)c1Cl. The molecule has 172 valence electrons. The van der Waals surface area contributed by atoms with Crippen molar-refractivity contribution < 1.29 is 23.8 Å². The van der Waals surface area contributed by atoms with Gasteiger partial charge in [0.25, 0.3) is 0 Å². The Kier molecular flexibility index (Phi) is 6.63. The molecule has 1 aromatic heterocycles. The van der Waals surface area contributed by atoms with E-state index < -0.39 is 5.97 Å². The zero-order valence-corrected chi connectivity index (χ0v) is 19.4. The maximum absolute atomic E-state index is 14.6. The molecule has 3 aromatic rings. The van der Waals surface area contributed by atoms with E-state index in [0.29, 0.717) is 50.3 Å². The third-order valence-corrected chi connectivity index (χ3v) is 6.42. The molecule has 1 fully saturated rings. The topological polar surface area (TPSA) is 80.7 Å². The summed E-state index contributed by atoms with van der Waals surface area (Å²) in [6.45, 7) is 0.193. The first-order valence-corrected chi connectivity index (χ1v) is 10.9. The van der Waals surface area contributed by atoms with Crippen LogP contribution in [0.4, 0.5) is 10.1 Å². The number of ether oxygens (including phenoxy) is 2. The fourth-order valence-corrected chi connectivity index (χ4v) is 4.45. The highest BCUT2D eigenvalue weighted by Gasteiger charge is 2.45. The number of benzene rings is 2. The molecule has 0 amide bonds. The predicted molar refractivity (Wildman–Crippen MR) is 125 cm³/mol. The molecule has 4 rings (SSSR count). The summed E-state index contributed by atoms with van der Waals surface area (Å²) < 4.78 is 25.2. The fraction of sp³-hybridized carbons (Fsp3) is 0.250. The highest BCUT2D eigenvalue weighted by atomic mass is 35.5. The number of nitrogens with one attached hydrogen (secondary N) is 1. The van der Waals surface area contributed by atoms with Gasteiger partial charge in [-0.25, -0.2) is 4.39 Å². The normalized spacial score (nSPS) is 16.9. The van der Waals surface area contributed by atoms with Crippen molar-refractivity contribution >= 4 is 34.9 Å². The number of methoxy groups -OCH3 is 2. The van der Waals surface area contributed by atoms with Crippen LogP contribution < -0.4 is 14.8 Å². The molecule has 0 radical (unpaired) electrons. The third-order valence-electron chi connectivity index (χ3n) is 5.66. The van der Waals surface area contributed by atoms with Gasteiger partial charge in [-0.2, -0.15) is 0 Å². The number of aliphatic carboxylic acids is 1. The van der Waals surface area contributed by atoms with Crippen LogP contribution in [0.2, 0.25) is 10.0 Å². The average molecular weight is 491 g/mol. The van der Waals surface area contributed by atoms with Crippen molar-refractivity contribution in [1.82, 2.24) is 4.98 Å². The summed E-state index contributed by atoms with van der Waals surface area (Å²) in [6.07, 6.45) is 2.22. The summed E-state index contributed by atoms with van der Waals surface area (Å²) in [6, 6.07) is 9.81. The average Bonchev–Trinajstić information content (AvgIpc) is 3.61. The molecule has 2 N–H and O–H groups in total. The van der Waals surface area contributed by atoms with Crippen molar-refractivity contribution in [2.45, 2.75) is 18.9 Å². The van der Waals surface area contributed by atoms with Crippen LogP contribution in [0.1, 0.15) is 23.6 Å². The number of anilines is 1. The number of carboxylic acids is 1. The summed E-state index contributed by atoms with van der Waals surface area (Å²) in [5.41, 5.74) is 2.94. The van der Waals surface area contributed by atoms with Gasteiger partial charge in [0, 0.05) is 35.3 Å². The monoisotopic (exact) mass is 490 g/mol. The smallest absolute Gasteiger partial charge is 0.307 e. The van der Waals surface area contributed by atoms with Gasteiger partial charge >= 0.3 is 5.97 Å². The summed E-state index contributed by atoms with van der Waals surface area (Å²) in [5.74, 6) is -0.803. The zero-order chi connectivity index (χ0) is 23.7. The highest BCUT2D eigenvalue weighted by molar-refractivity contribution is 6.41. The minimum atomic E-state index is -0.798. The first-order valence-electron chi connectivity index (χ1n) is 10.2. The lowest BCUT2D eigenvalue weighted by Crippen LogP contribution is -2.04. The molecule has 9 heteroatoms. The summed E-state index contributed by atoms with van der Waals surface area (Å²) >= 11 is 13.0.